The highest BCUT2D eigenvalue weighted by Gasteiger charge is 2.16. The van der Waals surface area contributed by atoms with Crippen LogP contribution in [-0.4, -0.2) is 19.6 Å². The molecule has 0 bridgehead atoms. The summed E-state index contributed by atoms with van der Waals surface area (Å²) in [6, 6.07) is 19.9. The van der Waals surface area contributed by atoms with Crippen LogP contribution in [-0.2, 0) is 17.8 Å². The first kappa shape index (κ1) is 26.4. The van der Waals surface area contributed by atoms with Crippen molar-refractivity contribution in [2.45, 2.75) is 20.0 Å². The number of anilines is 1. The summed E-state index contributed by atoms with van der Waals surface area (Å²) in [6.45, 7) is 6.38. The SMILES string of the molecule is C=CCc1cc(/C=C(\C#N)C(=O)Nc2ccc(OC)cc2)cc(OCC)c1OCc1ccccc1Cl. The molecule has 3 rings (SSSR count). The number of nitriles is 1. The quantitative estimate of drug-likeness (QED) is 0.181. The molecule has 0 fully saturated rings. The lowest BCUT2D eigenvalue weighted by molar-refractivity contribution is -0.112. The molecule has 0 radical (unpaired) electrons. The zero-order valence-corrected chi connectivity index (χ0v) is 21.0. The Morgan fingerprint density at radius 1 is 1.11 bits per heavy atom. The van der Waals surface area contributed by atoms with Crippen LogP contribution >= 0.6 is 11.6 Å². The predicted molar refractivity (Wildman–Crippen MR) is 143 cm³/mol. The van der Waals surface area contributed by atoms with Crippen molar-refractivity contribution in [3.8, 4) is 23.3 Å². The molecule has 1 amide bonds. The Balaban J connectivity index is 1.91. The van der Waals surface area contributed by atoms with Gasteiger partial charge in [0.1, 0.15) is 24.0 Å². The Bertz CT molecular complexity index is 1290. The van der Waals surface area contributed by atoms with Gasteiger partial charge in [-0.1, -0.05) is 35.9 Å². The number of halogens is 1. The molecular formula is C29H27ClN2O4. The second-order valence-corrected chi connectivity index (χ2v) is 8.07. The molecule has 3 aromatic carbocycles. The van der Waals surface area contributed by atoms with E-state index >= 15 is 0 Å². The topological polar surface area (TPSA) is 80.6 Å². The molecule has 0 atom stereocenters. The van der Waals surface area contributed by atoms with Crippen LogP contribution in [0.25, 0.3) is 6.08 Å². The highest BCUT2D eigenvalue weighted by molar-refractivity contribution is 6.31. The molecule has 0 aromatic heterocycles. The molecule has 6 nitrogen and oxygen atoms in total. The summed E-state index contributed by atoms with van der Waals surface area (Å²) in [5.41, 5.74) is 2.77. The molecule has 0 heterocycles. The minimum Gasteiger partial charge on any atom is -0.497 e. The van der Waals surface area contributed by atoms with Crippen molar-refractivity contribution in [2.24, 2.45) is 0 Å². The van der Waals surface area contributed by atoms with Gasteiger partial charge < -0.3 is 19.5 Å². The fourth-order valence-corrected chi connectivity index (χ4v) is 3.64. The number of nitrogens with one attached hydrogen (secondary N) is 1. The highest BCUT2D eigenvalue weighted by Crippen LogP contribution is 2.36. The fraction of sp³-hybridized carbons (Fsp3) is 0.172. The average molecular weight is 503 g/mol. The summed E-state index contributed by atoms with van der Waals surface area (Å²) in [5.74, 6) is 1.21. The highest BCUT2D eigenvalue weighted by atomic mass is 35.5. The van der Waals surface area contributed by atoms with Gasteiger partial charge in [-0.05, 0) is 67.4 Å². The van der Waals surface area contributed by atoms with Gasteiger partial charge >= 0.3 is 0 Å². The van der Waals surface area contributed by atoms with Crippen LogP contribution in [0.3, 0.4) is 0 Å². The van der Waals surface area contributed by atoms with Gasteiger partial charge in [0.2, 0.25) is 0 Å². The summed E-state index contributed by atoms with van der Waals surface area (Å²) in [7, 11) is 1.56. The van der Waals surface area contributed by atoms with Gasteiger partial charge in [-0.2, -0.15) is 5.26 Å². The van der Waals surface area contributed by atoms with Crippen molar-refractivity contribution < 1.29 is 19.0 Å². The number of carbonyl (C=O) groups excluding carboxylic acids is 1. The van der Waals surface area contributed by atoms with Crippen LogP contribution in [0.2, 0.25) is 5.02 Å². The van der Waals surface area contributed by atoms with Crippen molar-refractivity contribution in [1.29, 1.82) is 5.26 Å². The predicted octanol–water partition coefficient (Wildman–Crippen LogP) is 6.60. The third-order valence-corrected chi connectivity index (χ3v) is 5.54. The molecule has 1 N–H and O–H groups in total. The van der Waals surface area contributed by atoms with E-state index in [1.165, 1.54) is 6.08 Å². The lowest BCUT2D eigenvalue weighted by Crippen LogP contribution is -2.13. The van der Waals surface area contributed by atoms with Crippen LogP contribution in [0.15, 0.2) is 78.9 Å². The maximum absolute atomic E-state index is 12.8. The number of methoxy groups -OCH3 is 1. The number of amides is 1. The molecule has 0 aliphatic carbocycles. The Morgan fingerprint density at radius 2 is 1.86 bits per heavy atom. The molecule has 0 spiro atoms. The summed E-state index contributed by atoms with van der Waals surface area (Å²) >= 11 is 6.28. The maximum Gasteiger partial charge on any atom is 0.266 e. The first-order valence-corrected chi connectivity index (χ1v) is 11.7. The van der Waals surface area contributed by atoms with Gasteiger partial charge in [-0.3, -0.25) is 4.79 Å². The molecule has 3 aromatic rings. The van der Waals surface area contributed by atoms with Crippen LogP contribution in [0.4, 0.5) is 5.69 Å². The average Bonchev–Trinajstić information content (AvgIpc) is 2.88. The second kappa shape index (κ2) is 13.0. The molecule has 0 saturated carbocycles. The zero-order chi connectivity index (χ0) is 25.9. The van der Waals surface area contributed by atoms with Gasteiger partial charge in [-0.15, -0.1) is 6.58 Å². The first-order chi connectivity index (χ1) is 17.5. The van der Waals surface area contributed by atoms with Gasteiger partial charge in [0.25, 0.3) is 5.91 Å². The van der Waals surface area contributed by atoms with E-state index in [9.17, 15) is 10.1 Å². The van der Waals surface area contributed by atoms with Crippen LogP contribution in [0, 0.1) is 11.3 Å². The van der Waals surface area contributed by atoms with E-state index in [2.05, 4.69) is 11.9 Å². The van der Waals surface area contributed by atoms with E-state index in [4.69, 9.17) is 25.8 Å². The lowest BCUT2D eigenvalue weighted by Gasteiger charge is -2.17. The molecule has 0 unspecified atom stereocenters. The Labute approximate surface area is 216 Å². The third-order valence-electron chi connectivity index (χ3n) is 5.17. The number of rotatable bonds is 11. The minimum absolute atomic E-state index is 0.0532. The van der Waals surface area contributed by atoms with Crippen LogP contribution in [0.1, 0.15) is 23.6 Å². The van der Waals surface area contributed by atoms with Crippen molar-refractivity contribution in [3.05, 3.63) is 101 Å². The summed E-state index contributed by atoms with van der Waals surface area (Å²) in [4.78, 5) is 12.8. The zero-order valence-electron chi connectivity index (χ0n) is 20.2. The number of carbonyl (C=O) groups is 1. The molecule has 36 heavy (non-hydrogen) atoms. The van der Waals surface area contributed by atoms with E-state index in [-0.39, 0.29) is 12.2 Å². The largest absolute Gasteiger partial charge is 0.497 e. The lowest BCUT2D eigenvalue weighted by atomic mass is 10.0. The molecule has 0 saturated heterocycles. The first-order valence-electron chi connectivity index (χ1n) is 11.3. The molecule has 0 aliphatic heterocycles. The number of hydrogen-bond acceptors (Lipinski definition) is 5. The number of allylic oxidation sites excluding steroid dienone is 1. The van der Waals surface area contributed by atoms with Gasteiger partial charge in [-0.25, -0.2) is 0 Å². The normalized spacial score (nSPS) is 10.8. The van der Waals surface area contributed by atoms with Gasteiger partial charge in [0, 0.05) is 21.8 Å². The van der Waals surface area contributed by atoms with Crippen molar-refractivity contribution in [2.75, 3.05) is 19.0 Å². The van der Waals surface area contributed by atoms with Crippen molar-refractivity contribution >= 4 is 29.3 Å². The number of ether oxygens (including phenoxy) is 3. The van der Waals surface area contributed by atoms with E-state index in [0.29, 0.717) is 46.5 Å². The Kier molecular flexibility index (Phi) is 9.56. The summed E-state index contributed by atoms with van der Waals surface area (Å²) in [5, 5.41) is 13.0. The number of nitrogens with zero attached hydrogens (tertiary/aromatic N) is 1. The number of hydrogen-bond donors (Lipinski definition) is 1. The van der Waals surface area contributed by atoms with E-state index in [1.54, 1.807) is 43.5 Å². The Morgan fingerprint density at radius 3 is 2.50 bits per heavy atom. The minimum atomic E-state index is -0.523. The van der Waals surface area contributed by atoms with Crippen molar-refractivity contribution in [1.82, 2.24) is 0 Å². The fourth-order valence-electron chi connectivity index (χ4n) is 3.45. The van der Waals surface area contributed by atoms with Crippen molar-refractivity contribution in [3.63, 3.8) is 0 Å². The number of benzene rings is 3. The van der Waals surface area contributed by atoms with E-state index in [0.717, 1.165) is 11.1 Å². The molecule has 184 valence electrons. The molecular weight excluding hydrogens is 476 g/mol. The Hall–Kier alpha value is -4.21. The van der Waals surface area contributed by atoms with E-state index in [1.807, 2.05) is 43.3 Å². The third kappa shape index (κ3) is 6.91. The maximum atomic E-state index is 12.8. The molecule has 0 aliphatic rings. The van der Waals surface area contributed by atoms with Gasteiger partial charge in [0.15, 0.2) is 11.5 Å². The standard InChI is InChI=1S/C29H27ClN2O4/c1-4-8-21-15-20(16-23(18-31)29(33)32-24-11-13-25(34-3)14-12-24)17-27(35-5-2)28(21)36-19-22-9-6-7-10-26(22)30/h4,6-7,9-17H,1,5,8,19H2,2-3H3,(H,32,33)/b23-16+. The van der Waals surface area contributed by atoms with Gasteiger partial charge in [0.05, 0.1) is 13.7 Å². The molecule has 7 heteroatoms. The second-order valence-electron chi connectivity index (χ2n) is 7.67. The van der Waals surface area contributed by atoms with Crippen LogP contribution < -0.4 is 19.5 Å². The van der Waals surface area contributed by atoms with E-state index < -0.39 is 5.91 Å². The monoisotopic (exact) mass is 502 g/mol. The smallest absolute Gasteiger partial charge is 0.266 e. The van der Waals surface area contributed by atoms with Crippen LogP contribution in [0.5, 0.6) is 17.2 Å². The summed E-state index contributed by atoms with van der Waals surface area (Å²) in [6.07, 6.45) is 3.77. The summed E-state index contributed by atoms with van der Waals surface area (Å²) < 4.78 is 17.1.